The fourth-order valence-electron chi connectivity index (χ4n) is 1.30. The van der Waals surface area contributed by atoms with Gasteiger partial charge >= 0.3 is 5.97 Å². The minimum absolute atomic E-state index is 0. The maximum Gasteiger partial charge on any atom is 0.334 e. The number of hydrogen-bond donors (Lipinski definition) is 1. The maximum atomic E-state index is 10.5. The molecule has 5 heteroatoms. The molecular weight excluding hydrogens is 182 g/mol. The standard InChI is InChI=1S/C7H13NO3.ClH/c1-5-3-8(2)4-6(11-5)7(9)10;/h5-6H,3-4H2,1-2H3,(H,9,10);1H/t5-,6-;/m1./s1. The summed E-state index contributed by atoms with van der Waals surface area (Å²) in [6.07, 6.45) is -0.626. The van der Waals surface area contributed by atoms with Gasteiger partial charge in [-0.2, -0.15) is 0 Å². The number of morpholine rings is 1. The molecule has 1 aliphatic rings. The number of nitrogens with zero attached hydrogens (tertiary/aromatic N) is 1. The normalized spacial score (nSPS) is 30.8. The van der Waals surface area contributed by atoms with E-state index in [0.717, 1.165) is 6.54 Å². The second-order valence-electron chi connectivity index (χ2n) is 2.99. The van der Waals surface area contributed by atoms with E-state index >= 15 is 0 Å². The van der Waals surface area contributed by atoms with Gasteiger partial charge in [0.1, 0.15) is 0 Å². The molecule has 0 aliphatic carbocycles. The number of ether oxygens (including phenoxy) is 1. The summed E-state index contributed by atoms with van der Waals surface area (Å²) in [5.74, 6) is -0.872. The summed E-state index contributed by atoms with van der Waals surface area (Å²) in [6.45, 7) is 3.18. The van der Waals surface area contributed by atoms with Crippen LogP contribution in [0, 0.1) is 0 Å². The molecule has 0 amide bonds. The quantitative estimate of drug-likeness (QED) is 0.650. The van der Waals surface area contributed by atoms with Crippen molar-refractivity contribution in [1.82, 2.24) is 4.90 Å². The van der Waals surface area contributed by atoms with E-state index in [2.05, 4.69) is 0 Å². The molecule has 4 nitrogen and oxygen atoms in total. The van der Waals surface area contributed by atoms with Crippen LogP contribution in [-0.2, 0) is 9.53 Å². The molecule has 0 unspecified atom stereocenters. The maximum absolute atomic E-state index is 10.5. The van der Waals surface area contributed by atoms with Crippen LogP contribution in [0.2, 0.25) is 0 Å². The third kappa shape index (κ3) is 2.97. The molecule has 0 radical (unpaired) electrons. The molecule has 1 heterocycles. The lowest BCUT2D eigenvalue weighted by atomic mass is 10.2. The molecule has 1 saturated heterocycles. The zero-order valence-corrected chi connectivity index (χ0v) is 8.00. The van der Waals surface area contributed by atoms with Gasteiger partial charge in [0.15, 0.2) is 6.10 Å². The van der Waals surface area contributed by atoms with E-state index in [1.807, 2.05) is 18.9 Å². The van der Waals surface area contributed by atoms with Crippen molar-refractivity contribution < 1.29 is 14.6 Å². The molecule has 0 aromatic heterocycles. The Labute approximate surface area is 77.9 Å². The highest BCUT2D eigenvalue weighted by atomic mass is 35.5. The zero-order chi connectivity index (χ0) is 8.43. The largest absolute Gasteiger partial charge is 0.479 e. The van der Waals surface area contributed by atoms with E-state index in [-0.39, 0.29) is 18.5 Å². The van der Waals surface area contributed by atoms with E-state index in [1.54, 1.807) is 0 Å². The van der Waals surface area contributed by atoms with E-state index < -0.39 is 12.1 Å². The Morgan fingerprint density at radius 3 is 2.58 bits per heavy atom. The van der Waals surface area contributed by atoms with Crippen molar-refractivity contribution in [2.75, 3.05) is 20.1 Å². The molecule has 1 N–H and O–H groups in total. The first-order chi connectivity index (χ1) is 5.09. The Hall–Kier alpha value is -0.320. The molecule has 72 valence electrons. The van der Waals surface area contributed by atoms with Crippen LogP contribution in [0.25, 0.3) is 0 Å². The highest BCUT2D eigenvalue weighted by Gasteiger charge is 2.27. The summed E-state index contributed by atoms with van der Waals surface area (Å²) in [5.41, 5.74) is 0. The molecule has 2 atom stereocenters. The molecule has 0 saturated carbocycles. The van der Waals surface area contributed by atoms with Gasteiger partial charge < -0.3 is 14.7 Å². The summed E-state index contributed by atoms with van der Waals surface area (Å²) in [4.78, 5) is 12.5. The van der Waals surface area contributed by atoms with Gasteiger partial charge in [0.25, 0.3) is 0 Å². The second kappa shape index (κ2) is 4.64. The van der Waals surface area contributed by atoms with Crippen molar-refractivity contribution in [2.24, 2.45) is 0 Å². The average Bonchev–Trinajstić information content (AvgIpc) is 1.85. The molecule has 0 aromatic rings. The van der Waals surface area contributed by atoms with Gasteiger partial charge in [-0.05, 0) is 14.0 Å². The molecular formula is C7H14ClNO3. The van der Waals surface area contributed by atoms with Crippen molar-refractivity contribution in [3.05, 3.63) is 0 Å². The number of carboxylic acid groups (broad SMARTS) is 1. The summed E-state index contributed by atoms with van der Waals surface area (Å²) in [7, 11) is 1.90. The summed E-state index contributed by atoms with van der Waals surface area (Å²) >= 11 is 0. The summed E-state index contributed by atoms with van der Waals surface area (Å²) in [6, 6.07) is 0. The van der Waals surface area contributed by atoms with Crippen molar-refractivity contribution in [2.45, 2.75) is 19.1 Å². The molecule has 0 bridgehead atoms. The second-order valence-corrected chi connectivity index (χ2v) is 2.99. The summed E-state index contributed by atoms with van der Waals surface area (Å²) in [5, 5.41) is 8.62. The molecule has 1 rings (SSSR count). The lowest BCUT2D eigenvalue weighted by Gasteiger charge is -2.32. The van der Waals surface area contributed by atoms with Gasteiger partial charge in [0, 0.05) is 13.1 Å². The number of aliphatic carboxylic acids is 1. The van der Waals surface area contributed by atoms with Crippen molar-refractivity contribution in [1.29, 1.82) is 0 Å². The summed E-state index contributed by atoms with van der Waals surface area (Å²) < 4.78 is 5.18. The average molecular weight is 196 g/mol. The first kappa shape index (κ1) is 11.7. The van der Waals surface area contributed by atoms with Crippen LogP contribution in [0.1, 0.15) is 6.92 Å². The van der Waals surface area contributed by atoms with E-state index in [4.69, 9.17) is 9.84 Å². The van der Waals surface area contributed by atoms with Gasteiger partial charge in [0.2, 0.25) is 0 Å². The molecule has 1 aliphatic heterocycles. The van der Waals surface area contributed by atoms with Crippen molar-refractivity contribution in [3.8, 4) is 0 Å². The van der Waals surface area contributed by atoms with E-state index in [1.165, 1.54) is 0 Å². The van der Waals surface area contributed by atoms with Crippen LogP contribution in [-0.4, -0.2) is 48.3 Å². The topological polar surface area (TPSA) is 49.8 Å². The Kier molecular flexibility index (Phi) is 4.52. The van der Waals surface area contributed by atoms with Gasteiger partial charge in [0.05, 0.1) is 6.10 Å². The number of carboxylic acids is 1. The lowest BCUT2D eigenvalue weighted by molar-refractivity contribution is -0.161. The molecule has 0 aromatic carbocycles. The van der Waals surface area contributed by atoms with Crippen LogP contribution in [0.15, 0.2) is 0 Å². The Balaban J connectivity index is 0.00000121. The number of rotatable bonds is 1. The number of hydrogen-bond acceptors (Lipinski definition) is 3. The van der Waals surface area contributed by atoms with E-state index in [0.29, 0.717) is 6.54 Å². The number of likely N-dealkylation sites (N-methyl/N-ethyl adjacent to an activating group) is 1. The van der Waals surface area contributed by atoms with Gasteiger partial charge in [-0.3, -0.25) is 0 Å². The van der Waals surface area contributed by atoms with Crippen LogP contribution < -0.4 is 0 Å². The minimum atomic E-state index is -0.872. The van der Waals surface area contributed by atoms with E-state index in [9.17, 15) is 4.79 Å². The highest BCUT2D eigenvalue weighted by molar-refractivity contribution is 5.85. The first-order valence-electron chi connectivity index (χ1n) is 3.66. The highest BCUT2D eigenvalue weighted by Crippen LogP contribution is 2.08. The monoisotopic (exact) mass is 195 g/mol. The fraction of sp³-hybridized carbons (Fsp3) is 0.857. The first-order valence-corrected chi connectivity index (χ1v) is 3.66. The van der Waals surface area contributed by atoms with Crippen LogP contribution >= 0.6 is 12.4 Å². The van der Waals surface area contributed by atoms with Gasteiger partial charge in [-0.25, -0.2) is 4.79 Å². The van der Waals surface area contributed by atoms with Crippen LogP contribution in [0.3, 0.4) is 0 Å². The number of halogens is 1. The predicted octanol–water partition coefficient (Wildman–Crippen LogP) is 0.212. The third-order valence-electron chi connectivity index (χ3n) is 1.72. The zero-order valence-electron chi connectivity index (χ0n) is 7.19. The van der Waals surface area contributed by atoms with Gasteiger partial charge in [-0.1, -0.05) is 0 Å². The fourth-order valence-corrected chi connectivity index (χ4v) is 1.30. The Morgan fingerprint density at radius 2 is 2.17 bits per heavy atom. The predicted molar refractivity (Wildman–Crippen MR) is 46.7 cm³/mol. The smallest absolute Gasteiger partial charge is 0.334 e. The molecule has 0 spiro atoms. The number of carbonyl (C=O) groups is 1. The van der Waals surface area contributed by atoms with Crippen molar-refractivity contribution >= 4 is 18.4 Å². The Morgan fingerprint density at radius 1 is 1.58 bits per heavy atom. The van der Waals surface area contributed by atoms with Crippen molar-refractivity contribution in [3.63, 3.8) is 0 Å². The molecule has 12 heavy (non-hydrogen) atoms. The third-order valence-corrected chi connectivity index (χ3v) is 1.72. The SMILES string of the molecule is C[C@@H]1CN(C)C[C@H](C(=O)O)O1.Cl. The van der Waals surface area contributed by atoms with Crippen LogP contribution in [0.5, 0.6) is 0 Å². The van der Waals surface area contributed by atoms with Crippen LogP contribution in [0.4, 0.5) is 0 Å². The Bertz CT molecular complexity index is 155. The molecule has 1 fully saturated rings. The van der Waals surface area contributed by atoms with Gasteiger partial charge in [-0.15, -0.1) is 12.4 Å². The lowest BCUT2D eigenvalue weighted by Crippen LogP contribution is -2.47. The minimum Gasteiger partial charge on any atom is -0.479 e.